The van der Waals surface area contributed by atoms with E-state index in [4.69, 9.17) is 16.3 Å². The fraction of sp³-hybridized carbons (Fsp3) is 0.286. The first kappa shape index (κ1) is 13.6. The topological polar surface area (TPSA) is 46.0 Å². The maximum absolute atomic E-state index is 5.80. The van der Waals surface area contributed by atoms with Gasteiger partial charge in [-0.3, -0.25) is 4.99 Å². The number of rotatable bonds is 4. The second kappa shape index (κ2) is 6.38. The third-order valence-electron chi connectivity index (χ3n) is 2.67. The van der Waals surface area contributed by atoms with Crippen LogP contribution in [0, 0.1) is 6.92 Å². The summed E-state index contributed by atoms with van der Waals surface area (Å²) in [5, 5.41) is 3.57. The molecule has 4 nitrogen and oxygen atoms in total. The lowest BCUT2D eigenvalue weighted by atomic mass is 10.2. The Kier molecular flexibility index (Phi) is 4.58. The zero-order chi connectivity index (χ0) is 13.7. The molecule has 1 aliphatic rings. The first-order valence-corrected chi connectivity index (χ1v) is 6.45. The molecule has 0 saturated heterocycles. The summed E-state index contributed by atoms with van der Waals surface area (Å²) < 4.78 is 5.51. The summed E-state index contributed by atoms with van der Waals surface area (Å²) in [5.74, 6) is 1.62. The minimum Gasteiger partial charge on any atom is -0.489 e. The molecule has 1 aromatic carbocycles. The lowest BCUT2D eigenvalue weighted by Crippen LogP contribution is -2.18. The lowest BCUT2D eigenvalue weighted by Gasteiger charge is -2.15. The molecule has 0 saturated carbocycles. The van der Waals surface area contributed by atoms with Crippen LogP contribution in [0.1, 0.15) is 12.0 Å². The van der Waals surface area contributed by atoms with Crippen molar-refractivity contribution in [3.63, 3.8) is 0 Å². The molecule has 0 radical (unpaired) electrons. The number of nitrogens with one attached hydrogen (secondary N) is 1. The number of aliphatic imine (C=N–C) groups is 2. The molecule has 1 N–H and O–H groups in total. The Morgan fingerprint density at radius 1 is 1.53 bits per heavy atom. The van der Waals surface area contributed by atoms with Crippen molar-refractivity contribution in [1.82, 2.24) is 0 Å². The number of ether oxygens (including phenoxy) is 1. The quantitative estimate of drug-likeness (QED) is 0.677. The Labute approximate surface area is 117 Å². The zero-order valence-corrected chi connectivity index (χ0v) is 11.6. The predicted molar refractivity (Wildman–Crippen MR) is 80.7 cm³/mol. The standard InChI is InChI=1S/C14H16ClN3O/c1-3-8-19-11-5-4-10(2)12(9-11)17-13-6-7-16-14(15)18-13/h3-5,9H,1,6-8H2,2H3,(H,16,17,18). The van der Waals surface area contributed by atoms with Crippen LogP contribution in [0.4, 0.5) is 5.69 Å². The molecule has 0 amide bonds. The third kappa shape index (κ3) is 3.83. The fourth-order valence-electron chi connectivity index (χ4n) is 1.68. The summed E-state index contributed by atoms with van der Waals surface area (Å²) in [6.45, 7) is 6.81. The monoisotopic (exact) mass is 277 g/mol. The van der Waals surface area contributed by atoms with Crippen molar-refractivity contribution in [2.45, 2.75) is 13.3 Å². The highest BCUT2D eigenvalue weighted by atomic mass is 35.5. The zero-order valence-electron chi connectivity index (χ0n) is 10.8. The van der Waals surface area contributed by atoms with Gasteiger partial charge in [0, 0.05) is 24.7 Å². The van der Waals surface area contributed by atoms with Gasteiger partial charge in [0.2, 0.25) is 5.29 Å². The van der Waals surface area contributed by atoms with Crippen molar-refractivity contribution in [2.24, 2.45) is 9.98 Å². The van der Waals surface area contributed by atoms with Crippen molar-refractivity contribution in [3.8, 4) is 5.75 Å². The Balaban J connectivity index is 2.14. The molecule has 0 aliphatic carbocycles. The second-order valence-electron chi connectivity index (χ2n) is 4.16. The van der Waals surface area contributed by atoms with Crippen molar-refractivity contribution in [3.05, 3.63) is 36.4 Å². The van der Waals surface area contributed by atoms with E-state index < -0.39 is 0 Å². The predicted octanol–water partition coefficient (Wildman–Crippen LogP) is 3.37. The summed E-state index contributed by atoms with van der Waals surface area (Å²) in [5.41, 5.74) is 2.08. The van der Waals surface area contributed by atoms with Crippen molar-refractivity contribution < 1.29 is 4.74 Å². The first-order valence-electron chi connectivity index (χ1n) is 6.08. The molecule has 0 fully saturated rings. The molecule has 0 unspecified atom stereocenters. The average Bonchev–Trinajstić information content (AvgIpc) is 2.40. The Bertz CT molecular complexity index is 537. The molecule has 1 heterocycles. The van der Waals surface area contributed by atoms with E-state index in [9.17, 15) is 0 Å². The highest BCUT2D eigenvalue weighted by Gasteiger charge is 2.09. The SMILES string of the molecule is C=CCOc1ccc(C)c(NC2=NC(Cl)=NCC2)c1. The van der Waals surface area contributed by atoms with Crippen LogP contribution < -0.4 is 10.1 Å². The molecule has 100 valence electrons. The van der Waals surface area contributed by atoms with Gasteiger partial charge >= 0.3 is 0 Å². The van der Waals surface area contributed by atoms with Crippen LogP contribution in [0.15, 0.2) is 40.8 Å². The highest BCUT2D eigenvalue weighted by molar-refractivity contribution is 6.65. The molecule has 0 bridgehead atoms. The van der Waals surface area contributed by atoms with E-state index in [0.29, 0.717) is 18.4 Å². The van der Waals surface area contributed by atoms with Crippen molar-refractivity contribution in [2.75, 3.05) is 18.5 Å². The van der Waals surface area contributed by atoms with E-state index in [1.54, 1.807) is 6.08 Å². The minimum absolute atomic E-state index is 0.297. The second-order valence-corrected chi connectivity index (χ2v) is 4.50. The smallest absolute Gasteiger partial charge is 0.219 e. The van der Waals surface area contributed by atoms with E-state index in [-0.39, 0.29) is 0 Å². The van der Waals surface area contributed by atoms with Gasteiger partial charge in [0.25, 0.3) is 0 Å². The third-order valence-corrected chi connectivity index (χ3v) is 2.88. The number of amidine groups is 2. The van der Waals surface area contributed by atoms with E-state index in [1.807, 2.05) is 25.1 Å². The molecule has 0 aromatic heterocycles. The highest BCUT2D eigenvalue weighted by Crippen LogP contribution is 2.22. The lowest BCUT2D eigenvalue weighted by molar-refractivity contribution is 0.363. The van der Waals surface area contributed by atoms with E-state index in [2.05, 4.69) is 21.9 Å². The van der Waals surface area contributed by atoms with Crippen LogP contribution in [-0.4, -0.2) is 24.3 Å². The van der Waals surface area contributed by atoms with Gasteiger partial charge in [0.15, 0.2) is 0 Å². The summed E-state index contributed by atoms with van der Waals surface area (Å²) in [4.78, 5) is 8.20. The van der Waals surface area contributed by atoms with E-state index in [1.165, 1.54) is 0 Å². The Morgan fingerprint density at radius 3 is 3.11 bits per heavy atom. The van der Waals surface area contributed by atoms with Crippen molar-refractivity contribution >= 4 is 28.4 Å². The summed E-state index contributed by atoms with van der Waals surface area (Å²) in [7, 11) is 0. The molecule has 1 aromatic rings. The molecule has 0 atom stereocenters. The number of anilines is 1. The van der Waals surface area contributed by atoms with E-state index in [0.717, 1.165) is 29.3 Å². The maximum atomic E-state index is 5.80. The van der Waals surface area contributed by atoms with Gasteiger partial charge in [-0.1, -0.05) is 18.7 Å². The maximum Gasteiger partial charge on any atom is 0.219 e. The number of hydrogen-bond acceptors (Lipinski definition) is 4. The van der Waals surface area contributed by atoms with Gasteiger partial charge in [-0.05, 0) is 30.2 Å². The number of nitrogens with zero attached hydrogens (tertiary/aromatic N) is 2. The van der Waals surface area contributed by atoms with Crippen LogP contribution >= 0.6 is 11.6 Å². The number of halogens is 1. The van der Waals surface area contributed by atoms with Gasteiger partial charge in [-0.25, -0.2) is 4.99 Å². The van der Waals surface area contributed by atoms with Gasteiger partial charge in [0.1, 0.15) is 18.2 Å². The summed E-state index contributed by atoms with van der Waals surface area (Å²) >= 11 is 5.80. The largest absolute Gasteiger partial charge is 0.489 e. The molecule has 0 spiro atoms. The molecule has 5 heteroatoms. The van der Waals surface area contributed by atoms with Crippen LogP contribution in [0.3, 0.4) is 0 Å². The Hall–Kier alpha value is -1.81. The van der Waals surface area contributed by atoms with Gasteiger partial charge in [0.05, 0.1) is 0 Å². The van der Waals surface area contributed by atoms with Crippen LogP contribution in [0.2, 0.25) is 0 Å². The summed E-state index contributed by atoms with van der Waals surface area (Å²) in [6, 6.07) is 5.88. The van der Waals surface area contributed by atoms with Crippen LogP contribution in [0.5, 0.6) is 5.75 Å². The van der Waals surface area contributed by atoms with Crippen molar-refractivity contribution in [1.29, 1.82) is 0 Å². The van der Waals surface area contributed by atoms with E-state index >= 15 is 0 Å². The normalized spacial score (nSPS) is 14.4. The number of hydrogen-bond donors (Lipinski definition) is 1. The summed E-state index contributed by atoms with van der Waals surface area (Å²) in [6.07, 6.45) is 2.47. The van der Waals surface area contributed by atoms with Crippen LogP contribution in [0.25, 0.3) is 0 Å². The van der Waals surface area contributed by atoms with Gasteiger partial charge in [-0.2, -0.15) is 0 Å². The molecule has 2 rings (SSSR count). The molecular weight excluding hydrogens is 262 g/mol. The van der Waals surface area contributed by atoms with Gasteiger partial charge < -0.3 is 10.1 Å². The van der Waals surface area contributed by atoms with Crippen LogP contribution in [-0.2, 0) is 0 Å². The number of benzene rings is 1. The molecule has 19 heavy (non-hydrogen) atoms. The first-order chi connectivity index (χ1) is 9.19. The number of aryl methyl sites for hydroxylation is 1. The Morgan fingerprint density at radius 2 is 2.37 bits per heavy atom. The average molecular weight is 278 g/mol. The molecular formula is C14H16ClN3O. The molecule has 1 aliphatic heterocycles. The van der Waals surface area contributed by atoms with Gasteiger partial charge in [-0.15, -0.1) is 0 Å². The minimum atomic E-state index is 0.297. The fourth-order valence-corrected chi connectivity index (χ4v) is 1.87.